The van der Waals surface area contributed by atoms with Gasteiger partial charge < -0.3 is 4.74 Å². The Balaban J connectivity index is 2.39. The normalized spacial score (nSPS) is 11.7. The van der Waals surface area contributed by atoms with Crippen molar-refractivity contribution in [2.24, 2.45) is 5.41 Å². The lowest BCUT2D eigenvalue weighted by atomic mass is 9.81. The topological polar surface area (TPSA) is 9.23 Å². The van der Waals surface area contributed by atoms with Gasteiger partial charge in [0.1, 0.15) is 0 Å². The summed E-state index contributed by atoms with van der Waals surface area (Å²) >= 11 is 0. The van der Waals surface area contributed by atoms with Crippen LogP contribution in [-0.2, 0) is 11.3 Å². The molecular weight excluding hydrogens is 196 g/mol. The lowest BCUT2D eigenvalue weighted by Crippen LogP contribution is -2.24. The zero-order chi connectivity index (χ0) is 11.9. The van der Waals surface area contributed by atoms with Gasteiger partial charge in [-0.25, -0.2) is 0 Å². The van der Waals surface area contributed by atoms with Crippen LogP contribution in [0.4, 0.5) is 0 Å². The molecule has 0 spiro atoms. The Kier molecular flexibility index (Phi) is 5.54. The van der Waals surface area contributed by atoms with Crippen molar-refractivity contribution in [3.8, 4) is 0 Å². The summed E-state index contributed by atoms with van der Waals surface area (Å²) in [6.07, 6.45) is 3.61. The molecule has 0 atom stereocenters. The first kappa shape index (κ1) is 13.2. The number of hydrogen-bond acceptors (Lipinski definition) is 1. The van der Waals surface area contributed by atoms with Crippen molar-refractivity contribution in [1.29, 1.82) is 0 Å². The summed E-state index contributed by atoms with van der Waals surface area (Å²) in [5.74, 6) is 0. The minimum Gasteiger partial charge on any atom is -0.376 e. The van der Waals surface area contributed by atoms with Crippen molar-refractivity contribution in [1.82, 2.24) is 0 Å². The molecule has 0 aromatic heterocycles. The highest BCUT2D eigenvalue weighted by Gasteiger charge is 2.23. The average molecular weight is 220 g/mol. The van der Waals surface area contributed by atoms with Crippen LogP contribution in [0.1, 0.15) is 45.6 Å². The number of benzene rings is 1. The second-order valence-electron chi connectivity index (χ2n) is 4.54. The zero-order valence-electron chi connectivity index (χ0n) is 10.8. The molecule has 0 aliphatic rings. The van der Waals surface area contributed by atoms with Gasteiger partial charge in [-0.05, 0) is 30.2 Å². The smallest absolute Gasteiger partial charge is 0.0717 e. The van der Waals surface area contributed by atoms with E-state index in [1.54, 1.807) is 0 Å². The maximum Gasteiger partial charge on any atom is 0.0717 e. The van der Waals surface area contributed by atoms with E-state index in [1.165, 1.54) is 24.8 Å². The van der Waals surface area contributed by atoms with Crippen LogP contribution in [0, 0.1) is 5.41 Å². The molecule has 0 radical (unpaired) electrons. The van der Waals surface area contributed by atoms with Gasteiger partial charge in [-0.1, -0.05) is 51.1 Å². The second kappa shape index (κ2) is 6.70. The summed E-state index contributed by atoms with van der Waals surface area (Å²) in [6.45, 7) is 8.41. The van der Waals surface area contributed by atoms with Crippen molar-refractivity contribution in [3.63, 3.8) is 0 Å². The van der Waals surface area contributed by atoms with Crippen LogP contribution in [0.5, 0.6) is 0 Å². The van der Waals surface area contributed by atoms with Crippen LogP contribution in [0.15, 0.2) is 30.3 Å². The van der Waals surface area contributed by atoms with Crippen molar-refractivity contribution in [2.45, 2.75) is 46.6 Å². The van der Waals surface area contributed by atoms with E-state index in [1.807, 2.05) is 6.07 Å². The monoisotopic (exact) mass is 220 g/mol. The van der Waals surface area contributed by atoms with Crippen LogP contribution in [0.3, 0.4) is 0 Å². The first-order valence-corrected chi connectivity index (χ1v) is 6.38. The van der Waals surface area contributed by atoms with E-state index in [0.29, 0.717) is 5.41 Å². The van der Waals surface area contributed by atoms with Crippen molar-refractivity contribution in [3.05, 3.63) is 35.9 Å². The van der Waals surface area contributed by atoms with Gasteiger partial charge in [0.15, 0.2) is 0 Å². The van der Waals surface area contributed by atoms with Crippen molar-refractivity contribution >= 4 is 0 Å². The standard InChI is InChI=1S/C15H24O/c1-4-15(5-2,6-3)13-16-12-14-10-8-7-9-11-14/h7-11H,4-6,12-13H2,1-3H3. The molecule has 1 heteroatoms. The molecule has 16 heavy (non-hydrogen) atoms. The van der Waals surface area contributed by atoms with E-state index in [2.05, 4.69) is 45.0 Å². The van der Waals surface area contributed by atoms with Gasteiger partial charge in [-0.3, -0.25) is 0 Å². The van der Waals surface area contributed by atoms with Crippen molar-refractivity contribution < 1.29 is 4.74 Å². The van der Waals surface area contributed by atoms with Gasteiger partial charge in [0.05, 0.1) is 13.2 Å². The number of rotatable bonds is 7. The zero-order valence-corrected chi connectivity index (χ0v) is 10.8. The quantitative estimate of drug-likeness (QED) is 0.661. The molecule has 90 valence electrons. The predicted octanol–water partition coefficient (Wildman–Crippen LogP) is 4.42. The fourth-order valence-corrected chi connectivity index (χ4v) is 2.02. The number of ether oxygens (including phenoxy) is 1. The lowest BCUT2D eigenvalue weighted by molar-refractivity contribution is 0.0256. The summed E-state index contributed by atoms with van der Waals surface area (Å²) in [7, 11) is 0. The first-order chi connectivity index (χ1) is 7.76. The molecule has 0 aliphatic carbocycles. The van der Waals surface area contributed by atoms with E-state index >= 15 is 0 Å². The maximum absolute atomic E-state index is 5.86. The van der Waals surface area contributed by atoms with E-state index in [4.69, 9.17) is 4.74 Å². The third-order valence-electron chi connectivity index (χ3n) is 3.77. The van der Waals surface area contributed by atoms with Gasteiger partial charge in [0, 0.05) is 0 Å². The Hall–Kier alpha value is -0.820. The summed E-state index contributed by atoms with van der Waals surface area (Å²) < 4.78 is 5.86. The lowest BCUT2D eigenvalue weighted by Gasteiger charge is -2.30. The van der Waals surface area contributed by atoms with Crippen molar-refractivity contribution in [2.75, 3.05) is 6.61 Å². The van der Waals surface area contributed by atoms with Gasteiger partial charge in [0.2, 0.25) is 0 Å². The van der Waals surface area contributed by atoms with Crippen LogP contribution in [0.25, 0.3) is 0 Å². The first-order valence-electron chi connectivity index (χ1n) is 6.38. The summed E-state index contributed by atoms with van der Waals surface area (Å²) in [5, 5.41) is 0. The molecule has 1 aromatic carbocycles. The molecule has 0 amide bonds. The number of hydrogen-bond donors (Lipinski definition) is 0. The molecule has 0 fully saturated rings. The molecule has 0 aliphatic heterocycles. The Morgan fingerprint density at radius 2 is 1.50 bits per heavy atom. The van der Waals surface area contributed by atoms with E-state index in [9.17, 15) is 0 Å². The fourth-order valence-electron chi connectivity index (χ4n) is 2.02. The van der Waals surface area contributed by atoms with Crippen LogP contribution in [0.2, 0.25) is 0 Å². The maximum atomic E-state index is 5.86. The van der Waals surface area contributed by atoms with Crippen LogP contribution < -0.4 is 0 Å². The molecule has 0 heterocycles. The second-order valence-corrected chi connectivity index (χ2v) is 4.54. The molecule has 0 N–H and O–H groups in total. The molecular formula is C15H24O. The SMILES string of the molecule is CCC(CC)(CC)COCc1ccccc1. The van der Waals surface area contributed by atoms with E-state index in [-0.39, 0.29) is 0 Å². The van der Waals surface area contributed by atoms with Gasteiger partial charge in [-0.2, -0.15) is 0 Å². The fraction of sp³-hybridized carbons (Fsp3) is 0.600. The molecule has 0 bridgehead atoms. The minimum absolute atomic E-state index is 0.384. The summed E-state index contributed by atoms with van der Waals surface area (Å²) in [6, 6.07) is 10.4. The Morgan fingerprint density at radius 1 is 0.938 bits per heavy atom. The molecule has 1 rings (SSSR count). The molecule has 0 saturated carbocycles. The highest BCUT2D eigenvalue weighted by Crippen LogP contribution is 2.30. The molecule has 0 unspecified atom stereocenters. The Morgan fingerprint density at radius 3 is 2.00 bits per heavy atom. The third kappa shape index (κ3) is 3.64. The largest absolute Gasteiger partial charge is 0.376 e. The average Bonchev–Trinajstić information content (AvgIpc) is 2.37. The van der Waals surface area contributed by atoms with Gasteiger partial charge in [-0.15, -0.1) is 0 Å². The molecule has 1 nitrogen and oxygen atoms in total. The van der Waals surface area contributed by atoms with Gasteiger partial charge in [0.25, 0.3) is 0 Å². The highest BCUT2D eigenvalue weighted by atomic mass is 16.5. The molecule has 1 aromatic rings. The predicted molar refractivity (Wildman–Crippen MR) is 69.4 cm³/mol. The summed E-state index contributed by atoms with van der Waals surface area (Å²) in [4.78, 5) is 0. The third-order valence-corrected chi connectivity index (χ3v) is 3.77. The molecule has 0 saturated heterocycles. The van der Waals surface area contributed by atoms with E-state index in [0.717, 1.165) is 13.2 Å². The van der Waals surface area contributed by atoms with Crippen LogP contribution >= 0.6 is 0 Å². The summed E-state index contributed by atoms with van der Waals surface area (Å²) in [5.41, 5.74) is 1.65. The van der Waals surface area contributed by atoms with Gasteiger partial charge >= 0.3 is 0 Å². The van der Waals surface area contributed by atoms with Crippen LogP contribution in [-0.4, -0.2) is 6.61 Å². The minimum atomic E-state index is 0.384. The highest BCUT2D eigenvalue weighted by molar-refractivity contribution is 5.13. The Bertz CT molecular complexity index is 266. The van der Waals surface area contributed by atoms with E-state index < -0.39 is 0 Å². The Labute approximate surface area is 99.8 Å².